The van der Waals surface area contributed by atoms with E-state index in [0.29, 0.717) is 33.9 Å². The highest BCUT2D eigenvalue weighted by Gasteiger charge is 2.17. The van der Waals surface area contributed by atoms with Crippen LogP contribution in [0.15, 0.2) is 54.2 Å². The topological polar surface area (TPSA) is 59.8 Å². The van der Waals surface area contributed by atoms with E-state index in [1.54, 1.807) is 22.2 Å². The van der Waals surface area contributed by atoms with Gasteiger partial charge < -0.3 is 5.32 Å². The quantitative estimate of drug-likeness (QED) is 0.553. The van der Waals surface area contributed by atoms with Crippen molar-refractivity contribution in [3.05, 3.63) is 75.2 Å². The lowest BCUT2D eigenvalue weighted by Crippen LogP contribution is -2.13. The molecule has 0 fully saturated rings. The second-order valence-corrected chi connectivity index (χ2v) is 7.34. The van der Waals surface area contributed by atoms with Gasteiger partial charge in [0, 0.05) is 16.8 Å². The number of carbonyl (C=O) groups is 1. The molecule has 0 aliphatic heterocycles. The largest absolute Gasteiger partial charge is 0.322 e. The Morgan fingerprint density at radius 3 is 2.77 bits per heavy atom. The molecule has 1 amide bonds. The lowest BCUT2D eigenvalue weighted by Gasteiger charge is -2.08. The van der Waals surface area contributed by atoms with Crippen LogP contribution in [0.25, 0.3) is 11.0 Å². The van der Waals surface area contributed by atoms with Crippen molar-refractivity contribution in [3.8, 4) is 0 Å². The van der Waals surface area contributed by atoms with E-state index in [9.17, 15) is 4.79 Å². The minimum absolute atomic E-state index is 0.292. The van der Waals surface area contributed by atoms with Crippen LogP contribution in [0.5, 0.6) is 0 Å². The number of nitrogens with zero attached hydrogens (tertiary/aromatic N) is 3. The van der Waals surface area contributed by atoms with Gasteiger partial charge in [-0.2, -0.15) is 5.10 Å². The number of hydrogen-bond acceptors (Lipinski definition) is 4. The van der Waals surface area contributed by atoms with Gasteiger partial charge in [-0.3, -0.25) is 4.79 Å². The molecular formula is C19H15ClN4OS. The molecule has 7 heteroatoms. The minimum Gasteiger partial charge on any atom is -0.322 e. The minimum atomic E-state index is -0.292. The summed E-state index contributed by atoms with van der Waals surface area (Å²) in [5, 5.41) is 10.3. The highest BCUT2D eigenvalue weighted by atomic mass is 35.5. The van der Waals surface area contributed by atoms with Crippen LogP contribution in [0, 0.1) is 6.92 Å². The van der Waals surface area contributed by atoms with E-state index in [1.807, 2.05) is 48.7 Å². The summed E-state index contributed by atoms with van der Waals surface area (Å²) >= 11 is 8.13. The van der Waals surface area contributed by atoms with E-state index in [4.69, 9.17) is 11.6 Å². The van der Waals surface area contributed by atoms with Crippen LogP contribution >= 0.6 is 22.9 Å². The van der Waals surface area contributed by atoms with Crippen LogP contribution in [-0.4, -0.2) is 20.7 Å². The molecule has 0 radical (unpaired) electrons. The zero-order valence-corrected chi connectivity index (χ0v) is 15.5. The molecule has 1 aromatic carbocycles. The molecule has 0 saturated carbocycles. The van der Waals surface area contributed by atoms with Gasteiger partial charge in [0.05, 0.1) is 28.7 Å². The average Bonchev–Trinajstić information content (AvgIpc) is 3.28. The number of halogens is 1. The summed E-state index contributed by atoms with van der Waals surface area (Å²) < 4.78 is 1.79. The number of pyridine rings is 1. The summed E-state index contributed by atoms with van der Waals surface area (Å²) in [5.41, 5.74) is 2.83. The highest BCUT2D eigenvalue weighted by molar-refractivity contribution is 7.09. The Morgan fingerprint density at radius 2 is 2.04 bits per heavy atom. The molecule has 4 rings (SSSR count). The molecule has 4 aromatic rings. The molecule has 0 atom stereocenters. The SMILES string of the molecule is Cc1ccc(NC(=O)c2cnc3c(cnn3Cc3cccs3)c2Cl)cc1. The molecule has 3 heterocycles. The number of fused-ring (bicyclic) bond motifs is 1. The Kier molecular flexibility index (Phi) is 4.44. The first-order valence-corrected chi connectivity index (χ1v) is 9.28. The van der Waals surface area contributed by atoms with Gasteiger partial charge in [0.15, 0.2) is 5.65 Å². The fourth-order valence-electron chi connectivity index (χ4n) is 2.66. The normalized spacial score (nSPS) is 11.0. The molecule has 26 heavy (non-hydrogen) atoms. The number of thiophene rings is 1. The molecule has 0 bridgehead atoms. The van der Waals surface area contributed by atoms with Gasteiger partial charge in [-0.25, -0.2) is 9.67 Å². The first-order valence-electron chi connectivity index (χ1n) is 8.02. The van der Waals surface area contributed by atoms with Gasteiger partial charge in [0.25, 0.3) is 5.91 Å². The molecule has 1 N–H and O–H groups in total. The molecule has 0 aliphatic carbocycles. The summed E-state index contributed by atoms with van der Waals surface area (Å²) in [6.07, 6.45) is 3.15. The average molecular weight is 383 g/mol. The van der Waals surface area contributed by atoms with Crippen LogP contribution in [-0.2, 0) is 6.54 Å². The van der Waals surface area contributed by atoms with Crippen molar-refractivity contribution in [2.45, 2.75) is 13.5 Å². The molecular weight excluding hydrogens is 368 g/mol. The fourth-order valence-corrected chi connectivity index (χ4v) is 3.61. The van der Waals surface area contributed by atoms with Gasteiger partial charge in [0.1, 0.15) is 0 Å². The van der Waals surface area contributed by atoms with Crippen molar-refractivity contribution < 1.29 is 4.79 Å². The third-order valence-electron chi connectivity index (χ3n) is 4.04. The van der Waals surface area contributed by atoms with E-state index in [1.165, 1.54) is 11.1 Å². The number of anilines is 1. The number of hydrogen-bond donors (Lipinski definition) is 1. The van der Waals surface area contributed by atoms with Crippen molar-refractivity contribution in [2.75, 3.05) is 5.32 Å². The summed E-state index contributed by atoms with van der Waals surface area (Å²) in [5.74, 6) is -0.292. The van der Waals surface area contributed by atoms with E-state index < -0.39 is 0 Å². The van der Waals surface area contributed by atoms with E-state index in [-0.39, 0.29) is 5.91 Å². The number of amides is 1. The van der Waals surface area contributed by atoms with Crippen LogP contribution in [0.1, 0.15) is 20.8 Å². The second-order valence-electron chi connectivity index (χ2n) is 5.92. The number of benzene rings is 1. The fraction of sp³-hybridized carbons (Fsp3) is 0.105. The van der Waals surface area contributed by atoms with Gasteiger partial charge in [0.2, 0.25) is 0 Å². The molecule has 130 valence electrons. The molecule has 0 saturated heterocycles. The lowest BCUT2D eigenvalue weighted by molar-refractivity contribution is 0.102. The Hall–Kier alpha value is -2.70. The van der Waals surface area contributed by atoms with E-state index >= 15 is 0 Å². The van der Waals surface area contributed by atoms with Crippen molar-refractivity contribution in [1.29, 1.82) is 0 Å². The molecule has 0 spiro atoms. The first-order chi connectivity index (χ1) is 12.6. The predicted octanol–water partition coefficient (Wildman–Crippen LogP) is 4.76. The zero-order valence-electron chi connectivity index (χ0n) is 13.9. The van der Waals surface area contributed by atoms with Gasteiger partial charge in [-0.05, 0) is 30.5 Å². The number of aromatic nitrogens is 3. The standard InChI is InChI=1S/C19H15ClN4OS/c1-12-4-6-13(7-5-12)23-19(25)16-9-21-18-15(17(16)20)10-22-24(18)11-14-3-2-8-26-14/h2-10H,11H2,1H3,(H,23,25). The summed E-state index contributed by atoms with van der Waals surface area (Å²) in [4.78, 5) is 18.2. The number of aryl methyl sites for hydroxylation is 1. The van der Waals surface area contributed by atoms with Crippen LogP contribution in [0.4, 0.5) is 5.69 Å². The molecule has 5 nitrogen and oxygen atoms in total. The van der Waals surface area contributed by atoms with Crippen molar-refractivity contribution in [2.24, 2.45) is 0 Å². The zero-order chi connectivity index (χ0) is 18.1. The number of rotatable bonds is 4. The summed E-state index contributed by atoms with van der Waals surface area (Å²) in [6, 6.07) is 11.6. The molecule has 3 aromatic heterocycles. The Labute approximate surface area is 159 Å². The monoisotopic (exact) mass is 382 g/mol. The van der Waals surface area contributed by atoms with Crippen LogP contribution in [0.3, 0.4) is 0 Å². The first kappa shape index (κ1) is 16.8. The highest BCUT2D eigenvalue weighted by Crippen LogP contribution is 2.27. The summed E-state index contributed by atoms with van der Waals surface area (Å²) in [7, 11) is 0. The number of carbonyl (C=O) groups excluding carboxylic acids is 1. The Balaban J connectivity index is 1.63. The van der Waals surface area contributed by atoms with E-state index in [2.05, 4.69) is 15.4 Å². The van der Waals surface area contributed by atoms with Crippen molar-refractivity contribution >= 4 is 45.6 Å². The van der Waals surface area contributed by atoms with Crippen molar-refractivity contribution in [1.82, 2.24) is 14.8 Å². The second kappa shape index (κ2) is 6.90. The molecule has 0 aliphatic rings. The summed E-state index contributed by atoms with van der Waals surface area (Å²) in [6.45, 7) is 2.62. The number of nitrogens with one attached hydrogen (secondary N) is 1. The third kappa shape index (κ3) is 3.21. The van der Waals surface area contributed by atoms with Gasteiger partial charge >= 0.3 is 0 Å². The van der Waals surface area contributed by atoms with Crippen LogP contribution < -0.4 is 5.32 Å². The van der Waals surface area contributed by atoms with Crippen molar-refractivity contribution in [3.63, 3.8) is 0 Å². The maximum Gasteiger partial charge on any atom is 0.258 e. The smallest absolute Gasteiger partial charge is 0.258 e. The Morgan fingerprint density at radius 1 is 1.23 bits per heavy atom. The van der Waals surface area contributed by atoms with Gasteiger partial charge in [-0.15, -0.1) is 11.3 Å². The maximum absolute atomic E-state index is 12.6. The van der Waals surface area contributed by atoms with Gasteiger partial charge in [-0.1, -0.05) is 35.4 Å². The maximum atomic E-state index is 12.6. The Bertz CT molecular complexity index is 1070. The predicted molar refractivity (Wildman–Crippen MR) is 105 cm³/mol. The third-order valence-corrected chi connectivity index (χ3v) is 5.31. The molecule has 0 unspecified atom stereocenters. The van der Waals surface area contributed by atoms with Crippen LogP contribution in [0.2, 0.25) is 5.02 Å². The van der Waals surface area contributed by atoms with E-state index in [0.717, 1.165) is 5.56 Å². The lowest BCUT2D eigenvalue weighted by atomic mass is 10.2.